The van der Waals surface area contributed by atoms with Crippen molar-refractivity contribution in [1.29, 1.82) is 0 Å². The quantitative estimate of drug-likeness (QED) is 0.752. The maximum Gasteiger partial charge on any atom is 0.136 e. The van der Waals surface area contributed by atoms with Gasteiger partial charge in [-0.15, -0.1) is 0 Å². The number of hydrogen-bond acceptors (Lipinski definition) is 1. The van der Waals surface area contributed by atoms with Crippen LogP contribution in [-0.4, -0.2) is 0 Å². The number of halogens is 3. The summed E-state index contributed by atoms with van der Waals surface area (Å²) in [4.78, 5) is 0. The van der Waals surface area contributed by atoms with Crippen molar-refractivity contribution >= 4 is 22.9 Å². The minimum absolute atomic E-state index is 0.0358. The Hall–Kier alpha value is -2.13. The zero-order valence-electron chi connectivity index (χ0n) is 12.7. The second kappa shape index (κ2) is 6.17. The molecule has 0 saturated carbocycles. The molecule has 0 saturated heterocycles. The van der Waals surface area contributed by atoms with Crippen LogP contribution in [0.2, 0.25) is 5.02 Å². The molecule has 4 heteroatoms. The fourth-order valence-corrected chi connectivity index (χ4v) is 2.98. The summed E-state index contributed by atoms with van der Waals surface area (Å²) in [5, 5.41) is 3.13. The molecular weight excluding hydrogens is 316 g/mol. The first-order chi connectivity index (χ1) is 11.0. The van der Waals surface area contributed by atoms with E-state index < -0.39 is 11.6 Å². The fourth-order valence-electron chi connectivity index (χ4n) is 2.79. The number of hydrogen-bond donors (Lipinski definition) is 1. The van der Waals surface area contributed by atoms with Gasteiger partial charge in [0.15, 0.2) is 0 Å². The van der Waals surface area contributed by atoms with Gasteiger partial charge in [-0.3, -0.25) is 0 Å². The summed E-state index contributed by atoms with van der Waals surface area (Å²) in [6.45, 7) is 5.99. The summed E-state index contributed by atoms with van der Waals surface area (Å²) in [5.74, 6) is -1.20. The van der Waals surface area contributed by atoms with Crippen LogP contribution in [0.5, 0.6) is 0 Å². The first kappa shape index (κ1) is 15.8. The van der Waals surface area contributed by atoms with Crippen molar-refractivity contribution in [1.82, 2.24) is 5.32 Å². The Labute approximate surface area is 139 Å². The van der Waals surface area contributed by atoms with Gasteiger partial charge in [0.2, 0.25) is 0 Å². The van der Waals surface area contributed by atoms with Crippen molar-refractivity contribution in [2.75, 3.05) is 0 Å². The summed E-state index contributed by atoms with van der Waals surface area (Å²) in [6.07, 6.45) is 0.659. The summed E-state index contributed by atoms with van der Waals surface area (Å²) in [5.41, 5.74) is 2.87. The largest absolute Gasteiger partial charge is 0.358 e. The second-order valence-electron chi connectivity index (χ2n) is 5.72. The lowest BCUT2D eigenvalue weighted by atomic mass is 9.86. The van der Waals surface area contributed by atoms with E-state index in [1.54, 1.807) is 0 Å². The van der Waals surface area contributed by atoms with E-state index in [2.05, 4.69) is 11.9 Å². The lowest BCUT2D eigenvalue weighted by Gasteiger charge is -2.29. The van der Waals surface area contributed by atoms with E-state index in [1.807, 2.05) is 37.3 Å². The fraction of sp³-hybridized carbons (Fsp3) is 0.158. The second-order valence-corrected chi connectivity index (χ2v) is 6.16. The zero-order chi connectivity index (χ0) is 16.6. The predicted octanol–water partition coefficient (Wildman–Crippen LogP) is 5.63. The lowest BCUT2D eigenvalue weighted by molar-refractivity contribution is 0.571. The van der Waals surface area contributed by atoms with E-state index in [4.69, 9.17) is 11.6 Å². The van der Waals surface area contributed by atoms with Gasteiger partial charge in [-0.1, -0.05) is 55.4 Å². The molecule has 3 rings (SSSR count). The Morgan fingerprint density at radius 3 is 2.35 bits per heavy atom. The van der Waals surface area contributed by atoms with Crippen LogP contribution in [-0.2, 0) is 0 Å². The van der Waals surface area contributed by atoms with Crippen LogP contribution < -0.4 is 5.32 Å². The van der Waals surface area contributed by atoms with Crippen LogP contribution in [0.1, 0.15) is 24.5 Å². The van der Waals surface area contributed by atoms with Gasteiger partial charge in [-0.25, -0.2) is 8.78 Å². The van der Waals surface area contributed by atoms with Crippen molar-refractivity contribution in [3.05, 3.63) is 82.5 Å². The summed E-state index contributed by atoms with van der Waals surface area (Å²) < 4.78 is 28.8. The van der Waals surface area contributed by atoms with Crippen molar-refractivity contribution in [3.8, 4) is 0 Å². The molecular formula is C19H16ClF2N. The van der Waals surface area contributed by atoms with Crippen LogP contribution in [0.3, 0.4) is 0 Å². The van der Waals surface area contributed by atoms with Crippen molar-refractivity contribution in [3.63, 3.8) is 0 Å². The Kier molecular flexibility index (Phi) is 4.22. The van der Waals surface area contributed by atoms with Gasteiger partial charge in [-0.05, 0) is 35.6 Å². The lowest BCUT2D eigenvalue weighted by Crippen LogP contribution is -2.25. The molecule has 1 nitrogen and oxygen atoms in total. The maximum absolute atomic E-state index is 14.4. The minimum Gasteiger partial charge on any atom is -0.358 e. The van der Waals surface area contributed by atoms with Gasteiger partial charge in [0.1, 0.15) is 11.6 Å². The highest BCUT2D eigenvalue weighted by atomic mass is 35.5. The number of allylic oxidation sites excluding steroid dienone is 2. The van der Waals surface area contributed by atoms with Gasteiger partial charge in [-0.2, -0.15) is 0 Å². The molecule has 0 aromatic heterocycles. The maximum atomic E-state index is 14.4. The molecule has 0 spiro atoms. The third-order valence-corrected chi connectivity index (χ3v) is 4.29. The van der Waals surface area contributed by atoms with Gasteiger partial charge in [0.25, 0.3) is 0 Å². The monoisotopic (exact) mass is 331 g/mol. The SMILES string of the molecule is C=C1NC(c2c(F)cc(Cl)cc2F)=C(c2ccccc2)CC1C. The standard InChI is InChI=1S/C19H16ClF2N/c1-11-8-15(13-6-4-3-5-7-13)19(23-12(11)2)18-16(21)9-14(20)10-17(18)22/h3-7,9-11,23H,2,8H2,1H3. The molecule has 1 aliphatic rings. The molecule has 2 aromatic carbocycles. The van der Waals surface area contributed by atoms with Crippen molar-refractivity contribution < 1.29 is 8.78 Å². The number of nitrogens with one attached hydrogen (secondary N) is 1. The Bertz CT molecular complexity index is 773. The summed E-state index contributed by atoms with van der Waals surface area (Å²) >= 11 is 5.73. The van der Waals surface area contributed by atoms with Gasteiger partial charge in [0, 0.05) is 10.7 Å². The number of benzene rings is 2. The Morgan fingerprint density at radius 1 is 1.13 bits per heavy atom. The molecule has 0 fully saturated rings. The molecule has 1 unspecified atom stereocenters. The number of rotatable bonds is 2. The average molecular weight is 332 g/mol. The van der Waals surface area contributed by atoms with E-state index >= 15 is 0 Å². The Balaban J connectivity index is 2.25. The molecule has 0 radical (unpaired) electrons. The first-order valence-electron chi connectivity index (χ1n) is 7.36. The molecule has 2 aromatic rings. The summed E-state index contributed by atoms with van der Waals surface area (Å²) in [7, 11) is 0. The molecule has 0 aliphatic carbocycles. The zero-order valence-corrected chi connectivity index (χ0v) is 13.4. The van der Waals surface area contributed by atoms with E-state index in [-0.39, 0.29) is 16.5 Å². The molecule has 0 bridgehead atoms. The van der Waals surface area contributed by atoms with E-state index in [9.17, 15) is 8.78 Å². The molecule has 23 heavy (non-hydrogen) atoms. The van der Waals surface area contributed by atoms with Crippen LogP contribution in [0, 0.1) is 17.6 Å². The van der Waals surface area contributed by atoms with E-state index in [0.29, 0.717) is 12.1 Å². The van der Waals surface area contributed by atoms with Crippen LogP contribution >= 0.6 is 11.6 Å². The van der Waals surface area contributed by atoms with Crippen LogP contribution in [0.25, 0.3) is 11.3 Å². The predicted molar refractivity (Wildman–Crippen MR) is 90.7 cm³/mol. The highest BCUT2D eigenvalue weighted by molar-refractivity contribution is 6.30. The van der Waals surface area contributed by atoms with Crippen molar-refractivity contribution in [2.24, 2.45) is 5.92 Å². The van der Waals surface area contributed by atoms with Crippen LogP contribution in [0.4, 0.5) is 8.78 Å². The van der Waals surface area contributed by atoms with Gasteiger partial charge in [0.05, 0.1) is 11.3 Å². The van der Waals surface area contributed by atoms with Crippen molar-refractivity contribution in [2.45, 2.75) is 13.3 Å². The molecule has 1 heterocycles. The van der Waals surface area contributed by atoms with E-state index in [1.165, 1.54) is 0 Å². The highest BCUT2D eigenvalue weighted by Gasteiger charge is 2.26. The molecule has 0 amide bonds. The Morgan fingerprint density at radius 2 is 1.74 bits per heavy atom. The van der Waals surface area contributed by atoms with E-state index in [0.717, 1.165) is 29.0 Å². The molecule has 1 aliphatic heterocycles. The normalized spacial score (nSPS) is 18.1. The topological polar surface area (TPSA) is 12.0 Å². The highest BCUT2D eigenvalue weighted by Crippen LogP contribution is 2.38. The molecule has 118 valence electrons. The third kappa shape index (κ3) is 3.02. The summed E-state index contributed by atoms with van der Waals surface area (Å²) in [6, 6.07) is 11.8. The van der Waals surface area contributed by atoms with Gasteiger partial charge >= 0.3 is 0 Å². The third-order valence-electron chi connectivity index (χ3n) is 4.07. The first-order valence-corrected chi connectivity index (χ1v) is 7.74. The molecule has 1 atom stereocenters. The van der Waals surface area contributed by atoms with Gasteiger partial charge < -0.3 is 5.32 Å². The smallest absolute Gasteiger partial charge is 0.136 e. The minimum atomic E-state index is -0.687. The molecule has 1 N–H and O–H groups in total. The van der Waals surface area contributed by atoms with Crippen LogP contribution in [0.15, 0.2) is 54.7 Å². The average Bonchev–Trinajstić information content (AvgIpc) is 2.50.